The highest BCUT2D eigenvalue weighted by atomic mass is 17.2. The summed E-state index contributed by atoms with van der Waals surface area (Å²) < 4.78 is 0. The molecule has 22 heavy (non-hydrogen) atoms. The predicted octanol–water partition coefficient (Wildman–Crippen LogP) is 6.48. The number of hydrogen-bond acceptors (Lipinski definition) is 2. The van der Waals surface area contributed by atoms with Crippen LogP contribution in [0, 0.1) is 0 Å². The molecule has 1 aromatic carbocycles. The van der Waals surface area contributed by atoms with Gasteiger partial charge in [-0.05, 0) is 37.5 Å². The molecule has 0 saturated heterocycles. The SMILES string of the molecule is CCCCCCCCCCCCc1ccc(OOCC)cc1. The van der Waals surface area contributed by atoms with Crippen molar-refractivity contribution in [3.05, 3.63) is 29.8 Å². The highest BCUT2D eigenvalue weighted by Gasteiger charge is 1.97. The van der Waals surface area contributed by atoms with E-state index in [9.17, 15) is 0 Å². The summed E-state index contributed by atoms with van der Waals surface area (Å²) in [4.78, 5) is 10.0. The molecule has 2 heteroatoms. The van der Waals surface area contributed by atoms with Crippen molar-refractivity contribution in [2.45, 2.75) is 84.5 Å². The van der Waals surface area contributed by atoms with Gasteiger partial charge in [-0.3, -0.25) is 0 Å². The van der Waals surface area contributed by atoms with E-state index in [1.807, 2.05) is 19.1 Å². The van der Waals surface area contributed by atoms with E-state index in [1.54, 1.807) is 0 Å². The molecule has 0 aromatic heterocycles. The minimum atomic E-state index is 0.570. The molecule has 0 amide bonds. The normalized spacial score (nSPS) is 10.8. The third-order valence-electron chi connectivity index (χ3n) is 4.02. The van der Waals surface area contributed by atoms with Crippen molar-refractivity contribution in [2.24, 2.45) is 0 Å². The van der Waals surface area contributed by atoms with Crippen LogP contribution < -0.4 is 4.89 Å². The standard InChI is InChI=1S/C20H34O2/c1-3-5-6-7-8-9-10-11-12-13-14-19-15-17-20(18-16-19)22-21-4-2/h15-18H,3-14H2,1-2H3. The maximum Gasteiger partial charge on any atom is 0.165 e. The molecule has 1 rings (SSSR count). The Morgan fingerprint density at radius 3 is 1.77 bits per heavy atom. The Labute approximate surface area is 137 Å². The van der Waals surface area contributed by atoms with Gasteiger partial charge in [0, 0.05) is 0 Å². The van der Waals surface area contributed by atoms with Crippen LogP contribution in [-0.2, 0) is 11.3 Å². The summed E-state index contributed by atoms with van der Waals surface area (Å²) >= 11 is 0. The molecule has 126 valence electrons. The van der Waals surface area contributed by atoms with Crippen molar-refractivity contribution in [3.8, 4) is 5.75 Å². The number of aryl methyl sites for hydroxylation is 1. The fraction of sp³-hybridized carbons (Fsp3) is 0.700. The van der Waals surface area contributed by atoms with Gasteiger partial charge in [0.2, 0.25) is 0 Å². The lowest BCUT2D eigenvalue weighted by atomic mass is 10.0. The lowest BCUT2D eigenvalue weighted by Gasteiger charge is -2.05. The number of rotatable bonds is 14. The summed E-state index contributed by atoms with van der Waals surface area (Å²) in [5, 5.41) is 0. The van der Waals surface area contributed by atoms with Crippen molar-refractivity contribution in [3.63, 3.8) is 0 Å². The van der Waals surface area contributed by atoms with Crippen molar-refractivity contribution in [2.75, 3.05) is 6.61 Å². The van der Waals surface area contributed by atoms with E-state index in [2.05, 4.69) is 19.1 Å². The van der Waals surface area contributed by atoms with Crippen LogP contribution in [0.2, 0.25) is 0 Å². The molecule has 0 saturated carbocycles. The Kier molecular flexibility index (Phi) is 11.8. The van der Waals surface area contributed by atoms with Crippen LogP contribution in [0.5, 0.6) is 5.75 Å². The largest absolute Gasteiger partial charge is 0.338 e. The van der Waals surface area contributed by atoms with Gasteiger partial charge in [0.1, 0.15) is 0 Å². The second kappa shape index (κ2) is 13.6. The Morgan fingerprint density at radius 2 is 1.23 bits per heavy atom. The maximum atomic E-state index is 5.12. The third-order valence-corrected chi connectivity index (χ3v) is 4.02. The molecular weight excluding hydrogens is 272 g/mol. The van der Waals surface area contributed by atoms with E-state index >= 15 is 0 Å². The first-order chi connectivity index (χ1) is 10.9. The van der Waals surface area contributed by atoms with Crippen LogP contribution in [0.25, 0.3) is 0 Å². The minimum absolute atomic E-state index is 0.570. The average Bonchev–Trinajstić information content (AvgIpc) is 2.56. The van der Waals surface area contributed by atoms with Crippen molar-refractivity contribution < 1.29 is 9.78 Å². The van der Waals surface area contributed by atoms with Crippen molar-refractivity contribution >= 4 is 0 Å². The molecule has 0 N–H and O–H groups in total. The molecule has 0 spiro atoms. The van der Waals surface area contributed by atoms with E-state index in [-0.39, 0.29) is 0 Å². The van der Waals surface area contributed by atoms with Gasteiger partial charge >= 0.3 is 0 Å². The third kappa shape index (κ3) is 9.83. The molecule has 2 nitrogen and oxygen atoms in total. The molecule has 1 aromatic rings. The quantitative estimate of drug-likeness (QED) is 0.222. The van der Waals surface area contributed by atoms with Crippen LogP contribution in [0.15, 0.2) is 24.3 Å². The summed E-state index contributed by atoms with van der Waals surface area (Å²) in [6.45, 7) is 4.76. The molecule has 0 aliphatic rings. The van der Waals surface area contributed by atoms with Crippen LogP contribution in [0.4, 0.5) is 0 Å². The Hall–Kier alpha value is -1.02. The molecule has 0 bridgehead atoms. The topological polar surface area (TPSA) is 18.5 Å². The molecule has 0 aliphatic heterocycles. The second-order valence-electron chi connectivity index (χ2n) is 6.07. The first kappa shape index (κ1) is 19.0. The van der Waals surface area contributed by atoms with Crippen LogP contribution in [0.3, 0.4) is 0 Å². The predicted molar refractivity (Wildman–Crippen MR) is 94.2 cm³/mol. The zero-order chi connectivity index (χ0) is 15.9. The number of hydrogen-bond donors (Lipinski definition) is 0. The fourth-order valence-electron chi connectivity index (χ4n) is 2.66. The molecule has 0 heterocycles. The van der Waals surface area contributed by atoms with Crippen LogP contribution >= 0.6 is 0 Å². The minimum Gasteiger partial charge on any atom is -0.338 e. The fourth-order valence-corrected chi connectivity index (χ4v) is 2.66. The zero-order valence-electron chi connectivity index (χ0n) is 14.6. The summed E-state index contributed by atoms with van der Waals surface area (Å²) in [5.41, 5.74) is 1.39. The maximum absolute atomic E-state index is 5.12. The Balaban J connectivity index is 1.96. The van der Waals surface area contributed by atoms with Crippen LogP contribution in [-0.4, -0.2) is 6.61 Å². The summed E-state index contributed by atoms with van der Waals surface area (Å²) in [6.07, 6.45) is 15.1. The highest BCUT2D eigenvalue weighted by Crippen LogP contribution is 2.15. The van der Waals surface area contributed by atoms with E-state index in [0.717, 1.165) is 5.75 Å². The van der Waals surface area contributed by atoms with E-state index in [0.29, 0.717) is 6.61 Å². The van der Waals surface area contributed by atoms with Gasteiger partial charge in [0.25, 0.3) is 0 Å². The van der Waals surface area contributed by atoms with Crippen LogP contribution in [0.1, 0.15) is 83.6 Å². The molecule has 0 fully saturated rings. The van der Waals surface area contributed by atoms with E-state index in [4.69, 9.17) is 9.78 Å². The van der Waals surface area contributed by atoms with E-state index < -0.39 is 0 Å². The smallest absolute Gasteiger partial charge is 0.165 e. The molecule has 0 unspecified atom stereocenters. The van der Waals surface area contributed by atoms with Gasteiger partial charge in [-0.2, -0.15) is 4.89 Å². The first-order valence-corrected chi connectivity index (χ1v) is 9.25. The second-order valence-corrected chi connectivity index (χ2v) is 6.07. The van der Waals surface area contributed by atoms with Gasteiger partial charge in [-0.25, -0.2) is 0 Å². The van der Waals surface area contributed by atoms with Gasteiger partial charge in [-0.1, -0.05) is 76.8 Å². The summed E-state index contributed by atoms with van der Waals surface area (Å²) in [5.74, 6) is 0.786. The Morgan fingerprint density at radius 1 is 0.682 bits per heavy atom. The molecule has 0 radical (unpaired) electrons. The van der Waals surface area contributed by atoms with Crippen molar-refractivity contribution in [1.29, 1.82) is 0 Å². The number of unbranched alkanes of at least 4 members (excludes halogenated alkanes) is 9. The molecule has 0 atom stereocenters. The van der Waals surface area contributed by atoms with Gasteiger partial charge < -0.3 is 4.89 Å². The Bertz CT molecular complexity index is 345. The summed E-state index contributed by atoms with van der Waals surface area (Å²) in [7, 11) is 0. The molecule has 0 aliphatic carbocycles. The first-order valence-electron chi connectivity index (χ1n) is 9.25. The number of benzene rings is 1. The lowest BCUT2D eigenvalue weighted by molar-refractivity contribution is -0.202. The lowest BCUT2D eigenvalue weighted by Crippen LogP contribution is -1.95. The van der Waals surface area contributed by atoms with Gasteiger partial charge in [0.05, 0.1) is 6.61 Å². The zero-order valence-corrected chi connectivity index (χ0v) is 14.6. The van der Waals surface area contributed by atoms with Gasteiger partial charge in [-0.15, -0.1) is 0 Å². The highest BCUT2D eigenvalue weighted by molar-refractivity contribution is 5.26. The molecular formula is C20H34O2. The van der Waals surface area contributed by atoms with E-state index in [1.165, 1.54) is 76.2 Å². The average molecular weight is 306 g/mol. The van der Waals surface area contributed by atoms with Gasteiger partial charge in [0.15, 0.2) is 5.75 Å². The summed E-state index contributed by atoms with van der Waals surface area (Å²) in [6, 6.07) is 8.26. The van der Waals surface area contributed by atoms with Crippen molar-refractivity contribution in [1.82, 2.24) is 0 Å². The monoisotopic (exact) mass is 306 g/mol.